The number of carbonyl (C=O) groups excluding carboxylic acids is 2. The Labute approximate surface area is 126 Å². The fraction of sp³-hybridized carbons (Fsp3) is 0.529. The van der Waals surface area contributed by atoms with Gasteiger partial charge in [0.1, 0.15) is 0 Å². The molecule has 1 heterocycles. The number of benzene rings is 1. The van der Waals surface area contributed by atoms with Gasteiger partial charge >= 0.3 is 0 Å². The monoisotopic (exact) mass is 288 g/mol. The van der Waals surface area contributed by atoms with Gasteiger partial charge in [-0.15, -0.1) is 0 Å². The number of carbonyl (C=O) groups is 2. The first-order valence-corrected chi connectivity index (χ1v) is 7.48. The second-order valence-electron chi connectivity index (χ2n) is 6.93. The zero-order chi connectivity index (χ0) is 15.6. The molecule has 1 aliphatic rings. The molecule has 1 saturated heterocycles. The topological polar surface area (TPSA) is 63.4 Å². The van der Waals surface area contributed by atoms with E-state index in [2.05, 4.69) is 20.8 Å². The van der Waals surface area contributed by atoms with E-state index in [9.17, 15) is 9.59 Å². The van der Waals surface area contributed by atoms with Crippen molar-refractivity contribution in [2.45, 2.75) is 33.6 Å². The molecule has 114 valence electrons. The minimum absolute atomic E-state index is 0.0354. The summed E-state index contributed by atoms with van der Waals surface area (Å²) in [6, 6.07) is 6.59. The van der Waals surface area contributed by atoms with E-state index in [0.29, 0.717) is 17.0 Å². The van der Waals surface area contributed by atoms with Gasteiger partial charge < -0.3 is 10.6 Å². The second-order valence-corrected chi connectivity index (χ2v) is 6.93. The summed E-state index contributed by atoms with van der Waals surface area (Å²) in [5, 5.41) is 0. The lowest BCUT2D eigenvalue weighted by atomic mass is 9.83. The Balaban J connectivity index is 2.16. The number of amides is 2. The summed E-state index contributed by atoms with van der Waals surface area (Å²) in [5.41, 5.74) is 6.40. The molecule has 0 aromatic heterocycles. The van der Waals surface area contributed by atoms with Gasteiger partial charge in [-0.3, -0.25) is 9.59 Å². The van der Waals surface area contributed by atoms with Gasteiger partial charge in [0.05, 0.1) is 0 Å². The molecule has 4 nitrogen and oxygen atoms in total. The average Bonchev–Trinajstić information content (AvgIpc) is 2.55. The van der Waals surface area contributed by atoms with Gasteiger partial charge in [0.15, 0.2) is 0 Å². The summed E-state index contributed by atoms with van der Waals surface area (Å²) in [6.45, 7) is 8.24. The minimum Gasteiger partial charge on any atom is -0.366 e. The lowest BCUT2D eigenvalue weighted by Gasteiger charge is -2.30. The van der Waals surface area contributed by atoms with Crippen molar-refractivity contribution < 1.29 is 9.59 Å². The van der Waals surface area contributed by atoms with Crippen LogP contribution < -0.4 is 5.73 Å². The summed E-state index contributed by atoms with van der Waals surface area (Å²) >= 11 is 0. The predicted octanol–water partition coefficient (Wildman–Crippen LogP) is 2.68. The van der Waals surface area contributed by atoms with Gasteiger partial charge in [0, 0.05) is 24.2 Å². The summed E-state index contributed by atoms with van der Waals surface area (Å²) in [5.74, 6) is 0.196. The molecule has 1 aromatic carbocycles. The third-order valence-electron chi connectivity index (χ3n) is 4.12. The molecule has 4 heteroatoms. The normalized spacial score (nSPS) is 21.7. The Morgan fingerprint density at radius 1 is 1.19 bits per heavy atom. The molecular formula is C17H24N2O2. The van der Waals surface area contributed by atoms with Crippen LogP contribution >= 0.6 is 0 Å². The third kappa shape index (κ3) is 3.84. The number of hydrogen-bond acceptors (Lipinski definition) is 2. The smallest absolute Gasteiger partial charge is 0.253 e. The molecule has 21 heavy (non-hydrogen) atoms. The number of hydrogen-bond donors (Lipinski definition) is 1. The van der Waals surface area contributed by atoms with Crippen molar-refractivity contribution in [2.24, 2.45) is 17.1 Å². The Morgan fingerprint density at radius 3 is 2.33 bits per heavy atom. The van der Waals surface area contributed by atoms with Crippen molar-refractivity contribution in [3.8, 4) is 0 Å². The molecule has 0 spiro atoms. The molecule has 0 saturated carbocycles. The maximum absolute atomic E-state index is 12.6. The third-order valence-corrected chi connectivity index (χ3v) is 4.12. The Bertz CT molecular complexity index is 534. The zero-order valence-electron chi connectivity index (χ0n) is 13.1. The number of primary amides is 1. The van der Waals surface area contributed by atoms with E-state index in [1.54, 1.807) is 24.3 Å². The first-order chi connectivity index (χ1) is 9.78. The summed E-state index contributed by atoms with van der Waals surface area (Å²) in [6.07, 6.45) is 2.17. The number of likely N-dealkylation sites (tertiary alicyclic amines) is 1. The quantitative estimate of drug-likeness (QED) is 0.909. The Kier molecular flexibility index (Phi) is 4.35. The van der Waals surface area contributed by atoms with Crippen molar-refractivity contribution in [1.82, 2.24) is 4.90 Å². The molecule has 1 atom stereocenters. The van der Waals surface area contributed by atoms with Gasteiger partial charge in [0.2, 0.25) is 5.91 Å². The summed E-state index contributed by atoms with van der Waals surface area (Å²) < 4.78 is 0. The van der Waals surface area contributed by atoms with Crippen LogP contribution in [0.5, 0.6) is 0 Å². The van der Waals surface area contributed by atoms with Crippen LogP contribution in [0.4, 0.5) is 0 Å². The largest absolute Gasteiger partial charge is 0.366 e. The lowest BCUT2D eigenvalue weighted by Crippen LogP contribution is -2.37. The van der Waals surface area contributed by atoms with Crippen LogP contribution in [-0.2, 0) is 0 Å². The first-order valence-electron chi connectivity index (χ1n) is 7.48. The van der Waals surface area contributed by atoms with Crippen molar-refractivity contribution in [3.63, 3.8) is 0 Å². The lowest BCUT2D eigenvalue weighted by molar-refractivity contribution is 0.0706. The molecule has 2 rings (SSSR count). The van der Waals surface area contributed by atoms with Gasteiger partial charge in [0.25, 0.3) is 5.91 Å². The summed E-state index contributed by atoms with van der Waals surface area (Å²) in [4.78, 5) is 25.6. The zero-order valence-corrected chi connectivity index (χ0v) is 13.1. The van der Waals surface area contributed by atoms with E-state index < -0.39 is 5.91 Å². The number of nitrogens with zero attached hydrogens (tertiary/aromatic N) is 1. The molecule has 1 fully saturated rings. The van der Waals surface area contributed by atoms with Gasteiger partial charge in [-0.2, -0.15) is 0 Å². The second kappa shape index (κ2) is 5.88. The van der Waals surface area contributed by atoms with E-state index in [4.69, 9.17) is 5.73 Å². The van der Waals surface area contributed by atoms with Crippen LogP contribution in [-0.4, -0.2) is 29.8 Å². The van der Waals surface area contributed by atoms with Crippen molar-refractivity contribution >= 4 is 11.8 Å². The van der Waals surface area contributed by atoms with Gasteiger partial charge in [-0.05, 0) is 48.4 Å². The number of rotatable bonds is 2. The molecule has 1 aromatic rings. The van der Waals surface area contributed by atoms with E-state index in [1.807, 2.05) is 4.90 Å². The van der Waals surface area contributed by atoms with Crippen molar-refractivity contribution in [2.75, 3.05) is 13.1 Å². The van der Waals surface area contributed by atoms with Gasteiger partial charge in [-0.1, -0.05) is 20.8 Å². The fourth-order valence-electron chi connectivity index (χ4n) is 3.21. The highest BCUT2D eigenvalue weighted by atomic mass is 16.2. The molecule has 0 bridgehead atoms. The van der Waals surface area contributed by atoms with Crippen molar-refractivity contribution in [1.29, 1.82) is 0 Å². The van der Waals surface area contributed by atoms with E-state index in [1.165, 1.54) is 0 Å². The van der Waals surface area contributed by atoms with Gasteiger partial charge in [-0.25, -0.2) is 0 Å². The maximum Gasteiger partial charge on any atom is 0.253 e. The van der Waals surface area contributed by atoms with Crippen LogP contribution in [0.3, 0.4) is 0 Å². The first kappa shape index (κ1) is 15.5. The van der Waals surface area contributed by atoms with Crippen LogP contribution in [0.1, 0.15) is 54.3 Å². The van der Waals surface area contributed by atoms with E-state index in [0.717, 1.165) is 25.9 Å². The van der Waals surface area contributed by atoms with Crippen molar-refractivity contribution in [3.05, 3.63) is 35.4 Å². The van der Waals surface area contributed by atoms with Crippen LogP contribution in [0, 0.1) is 11.3 Å². The molecular weight excluding hydrogens is 264 g/mol. The molecule has 1 aliphatic heterocycles. The molecule has 2 amide bonds. The Hall–Kier alpha value is -1.84. The molecule has 0 aliphatic carbocycles. The maximum atomic E-state index is 12.6. The standard InChI is InChI=1S/C17H24N2O2/c1-12-8-9-19(11-17(2,3)10-12)16(21)14-6-4-13(5-7-14)15(18)20/h4-7,12H,8-11H2,1-3H3,(H2,18,20). The minimum atomic E-state index is -0.473. The highest BCUT2D eigenvalue weighted by molar-refractivity contribution is 5.97. The van der Waals surface area contributed by atoms with Crippen LogP contribution in [0.25, 0.3) is 0 Å². The van der Waals surface area contributed by atoms with Crippen LogP contribution in [0.2, 0.25) is 0 Å². The fourth-order valence-corrected chi connectivity index (χ4v) is 3.21. The average molecular weight is 288 g/mol. The SMILES string of the molecule is CC1CCN(C(=O)c2ccc(C(N)=O)cc2)CC(C)(C)C1. The molecule has 1 unspecified atom stereocenters. The predicted molar refractivity (Wildman–Crippen MR) is 83.0 cm³/mol. The molecule has 0 radical (unpaired) electrons. The summed E-state index contributed by atoms with van der Waals surface area (Å²) in [7, 11) is 0. The highest BCUT2D eigenvalue weighted by Gasteiger charge is 2.30. The highest BCUT2D eigenvalue weighted by Crippen LogP contribution is 2.32. The number of nitrogens with two attached hydrogens (primary N) is 1. The van der Waals surface area contributed by atoms with Crippen LogP contribution in [0.15, 0.2) is 24.3 Å². The Morgan fingerprint density at radius 2 is 1.76 bits per heavy atom. The van der Waals surface area contributed by atoms with E-state index >= 15 is 0 Å². The molecule has 2 N–H and O–H groups in total. The van der Waals surface area contributed by atoms with E-state index in [-0.39, 0.29) is 11.3 Å².